The smallest absolute Gasteiger partial charge is 0.0740 e. The first-order valence-electron chi connectivity index (χ1n) is 24.4. The van der Waals surface area contributed by atoms with Crippen molar-refractivity contribution in [1.82, 2.24) is 0 Å². The molecule has 1 aromatic heterocycles. The van der Waals surface area contributed by atoms with Gasteiger partial charge in [-0.15, -0.1) is 11.3 Å². The molecular weight excluding hydrogens is 863 g/mol. The highest BCUT2D eigenvalue weighted by atomic mass is 32.1. The molecular formula is C68H47NS. The second-order valence-corrected chi connectivity index (χ2v) is 20.6. The van der Waals surface area contributed by atoms with Crippen molar-refractivity contribution >= 4 is 28.4 Å². The van der Waals surface area contributed by atoms with Gasteiger partial charge in [-0.2, -0.15) is 0 Å². The molecule has 0 saturated carbocycles. The molecule has 0 radical (unpaired) electrons. The Kier molecular flexibility index (Phi) is 9.09. The van der Waals surface area contributed by atoms with E-state index in [1.54, 1.807) is 0 Å². The Morgan fingerprint density at radius 3 is 1.34 bits per heavy atom. The molecule has 11 aromatic rings. The minimum absolute atomic E-state index is 0.117. The van der Waals surface area contributed by atoms with E-state index >= 15 is 0 Å². The Morgan fingerprint density at radius 1 is 0.300 bits per heavy atom. The highest BCUT2D eigenvalue weighted by Crippen LogP contribution is 2.68. The molecule has 0 amide bonds. The van der Waals surface area contributed by atoms with E-state index < -0.39 is 5.41 Å². The Labute approximate surface area is 414 Å². The third kappa shape index (κ3) is 5.90. The fraction of sp³-hybridized carbons (Fsp3) is 0.0588. The van der Waals surface area contributed by atoms with E-state index in [1.165, 1.54) is 110 Å². The van der Waals surface area contributed by atoms with Gasteiger partial charge in [-0.1, -0.05) is 220 Å². The van der Waals surface area contributed by atoms with Crippen molar-refractivity contribution in [2.45, 2.75) is 24.7 Å². The van der Waals surface area contributed by atoms with Crippen molar-refractivity contribution in [1.29, 1.82) is 0 Å². The Hall–Kier alpha value is -8.30. The number of hydrogen-bond donors (Lipinski definition) is 0. The maximum atomic E-state index is 2.52. The summed E-state index contributed by atoms with van der Waals surface area (Å²) in [7, 11) is 0. The first kappa shape index (κ1) is 40.7. The lowest BCUT2D eigenvalue weighted by atomic mass is 9.69. The fourth-order valence-electron chi connectivity index (χ4n) is 12.3. The Bertz CT molecular complexity index is 3830. The van der Waals surface area contributed by atoms with Crippen molar-refractivity contribution in [3.63, 3.8) is 0 Å². The second kappa shape index (κ2) is 15.6. The van der Waals surface area contributed by atoms with Gasteiger partial charge in [0.2, 0.25) is 0 Å². The molecule has 2 heteroatoms. The molecule has 0 bridgehead atoms. The topological polar surface area (TPSA) is 3.24 Å². The molecule has 3 aliphatic carbocycles. The zero-order valence-corrected chi connectivity index (χ0v) is 39.8. The van der Waals surface area contributed by atoms with Crippen LogP contribution < -0.4 is 4.90 Å². The quantitative estimate of drug-likeness (QED) is 0.154. The van der Waals surface area contributed by atoms with E-state index in [-0.39, 0.29) is 5.41 Å². The highest BCUT2D eigenvalue weighted by molar-refractivity contribution is 7.19. The van der Waals surface area contributed by atoms with Crippen LogP contribution in [0.2, 0.25) is 0 Å². The third-order valence-electron chi connectivity index (χ3n) is 15.5. The number of benzene rings is 10. The van der Waals surface area contributed by atoms with Crippen LogP contribution in [0.15, 0.2) is 249 Å². The van der Waals surface area contributed by atoms with Gasteiger partial charge in [-0.3, -0.25) is 0 Å². The molecule has 1 spiro atoms. The number of rotatable bonds is 7. The van der Waals surface area contributed by atoms with Crippen molar-refractivity contribution in [3.05, 3.63) is 282 Å². The summed E-state index contributed by atoms with van der Waals surface area (Å²) in [4.78, 5) is 5.08. The van der Waals surface area contributed by atoms with Crippen molar-refractivity contribution < 1.29 is 0 Å². The number of fused-ring (bicyclic) bond motifs is 13. The molecule has 1 unspecified atom stereocenters. The lowest BCUT2D eigenvalue weighted by Gasteiger charge is -2.31. The van der Waals surface area contributed by atoms with Crippen LogP contribution in [0.5, 0.6) is 0 Å². The van der Waals surface area contributed by atoms with Gasteiger partial charge < -0.3 is 4.90 Å². The van der Waals surface area contributed by atoms with Crippen molar-refractivity contribution in [3.8, 4) is 76.5 Å². The van der Waals surface area contributed by atoms with Gasteiger partial charge in [-0.25, -0.2) is 0 Å². The SMILES string of the molecule is CC1(C)c2ccccc2-c2ccc(N(c3ccc(-c4ccccc4)cc3)c3ccc(-c4ccc5c(c4)C4(c6ccccc6-5)c5ccccc5-c5c(-c6ccccc6)sc(-c6ccccc6)c54)cc3)cc21. The summed E-state index contributed by atoms with van der Waals surface area (Å²) in [5, 5.41) is 0. The zero-order valence-electron chi connectivity index (χ0n) is 39.0. The molecule has 1 heterocycles. The summed E-state index contributed by atoms with van der Waals surface area (Å²) in [6, 6.07) is 92.7. The van der Waals surface area contributed by atoms with E-state index in [0.29, 0.717) is 0 Å². The van der Waals surface area contributed by atoms with E-state index in [0.717, 1.165) is 17.1 Å². The van der Waals surface area contributed by atoms with Gasteiger partial charge in [-0.05, 0) is 137 Å². The summed E-state index contributed by atoms with van der Waals surface area (Å²) < 4.78 is 0. The van der Waals surface area contributed by atoms with Crippen LogP contribution in [0.3, 0.4) is 0 Å². The molecule has 14 rings (SSSR count). The van der Waals surface area contributed by atoms with E-state index in [1.807, 2.05) is 11.3 Å². The maximum Gasteiger partial charge on any atom is 0.0740 e. The van der Waals surface area contributed by atoms with Gasteiger partial charge >= 0.3 is 0 Å². The zero-order chi connectivity index (χ0) is 46.6. The van der Waals surface area contributed by atoms with Gasteiger partial charge in [0, 0.05) is 37.8 Å². The van der Waals surface area contributed by atoms with Gasteiger partial charge in [0.1, 0.15) is 0 Å². The molecule has 0 N–H and O–H groups in total. The van der Waals surface area contributed by atoms with Crippen LogP contribution in [0.1, 0.15) is 47.2 Å². The Morgan fingerprint density at radius 2 is 0.714 bits per heavy atom. The first-order valence-corrected chi connectivity index (χ1v) is 25.2. The summed E-state index contributed by atoms with van der Waals surface area (Å²) in [5.74, 6) is 0. The lowest BCUT2D eigenvalue weighted by molar-refractivity contribution is 0.660. The predicted molar refractivity (Wildman–Crippen MR) is 295 cm³/mol. The summed E-state index contributed by atoms with van der Waals surface area (Å²) in [6.45, 7) is 4.73. The van der Waals surface area contributed by atoms with Gasteiger partial charge in [0.25, 0.3) is 0 Å². The monoisotopic (exact) mass is 909 g/mol. The van der Waals surface area contributed by atoms with E-state index in [9.17, 15) is 0 Å². The number of nitrogens with zero attached hydrogens (tertiary/aromatic N) is 1. The highest BCUT2D eigenvalue weighted by Gasteiger charge is 2.54. The maximum absolute atomic E-state index is 2.52. The van der Waals surface area contributed by atoms with Crippen LogP contribution in [-0.4, -0.2) is 0 Å². The van der Waals surface area contributed by atoms with E-state index in [2.05, 4.69) is 267 Å². The molecule has 3 aliphatic rings. The largest absolute Gasteiger partial charge is 0.310 e. The molecule has 70 heavy (non-hydrogen) atoms. The second-order valence-electron chi connectivity index (χ2n) is 19.5. The summed E-state index contributed by atoms with van der Waals surface area (Å²) >= 11 is 1.94. The third-order valence-corrected chi connectivity index (χ3v) is 16.8. The molecule has 1 nitrogen and oxygen atoms in total. The first-order chi connectivity index (χ1) is 34.5. The predicted octanol–water partition coefficient (Wildman–Crippen LogP) is 18.5. The summed E-state index contributed by atoms with van der Waals surface area (Å²) in [5.41, 5.74) is 26.2. The molecule has 0 aliphatic heterocycles. The van der Waals surface area contributed by atoms with Gasteiger partial charge in [0.05, 0.1) is 5.41 Å². The minimum Gasteiger partial charge on any atom is -0.310 e. The summed E-state index contributed by atoms with van der Waals surface area (Å²) in [6.07, 6.45) is 0. The Balaban J connectivity index is 0.928. The van der Waals surface area contributed by atoms with Crippen LogP contribution >= 0.6 is 11.3 Å². The lowest BCUT2D eigenvalue weighted by Crippen LogP contribution is -2.26. The van der Waals surface area contributed by atoms with E-state index in [4.69, 9.17) is 0 Å². The minimum atomic E-state index is -0.508. The number of anilines is 3. The molecule has 0 fully saturated rings. The molecule has 10 aromatic carbocycles. The molecule has 330 valence electrons. The fourth-order valence-corrected chi connectivity index (χ4v) is 13.7. The van der Waals surface area contributed by atoms with Crippen LogP contribution in [0, 0.1) is 0 Å². The van der Waals surface area contributed by atoms with Crippen LogP contribution in [0.25, 0.3) is 76.5 Å². The standard InChI is InChI=1S/C68H47NS/c1-67(2)58-27-15-12-24-53(58)55-41-39-52(43-61(55)67)69(50-35-30-45(31-36-50)44-18-6-3-7-19-44)51-37-32-46(33-38-51)49-34-40-56-54-25-13-16-28-59(54)68(62(56)42-49)60-29-17-14-26-57(60)63-64(68)66(48-22-10-5-11-23-48)70-65(63)47-20-8-4-9-21-47/h3-43H,1-2H3. The van der Waals surface area contributed by atoms with Crippen LogP contribution in [-0.2, 0) is 10.8 Å². The number of hydrogen-bond acceptors (Lipinski definition) is 2. The van der Waals surface area contributed by atoms with Crippen molar-refractivity contribution in [2.24, 2.45) is 0 Å². The average Bonchev–Trinajstić information content (AvgIpc) is 4.12. The molecule has 0 saturated heterocycles. The average molecular weight is 910 g/mol. The van der Waals surface area contributed by atoms with Crippen molar-refractivity contribution in [2.75, 3.05) is 4.90 Å². The molecule has 1 atom stereocenters. The normalized spacial score (nSPS) is 15.2. The van der Waals surface area contributed by atoms with Gasteiger partial charge in [0.15, 0.2) is 0 Å². The van der Waals surface area contributed by atoms with Crippen LogP contribution in [0.4, 0.5) is 17.1 Å². The number of thiophene rings is 1.